The standard InChI is InChI=1S/C28H30F3NO5S/c1-15(2)26(21-10-11-22(38-21)27(35)32-23(33)14-24(34)36-5)37-20-12-16(3)25(17(4)13-20)18-6-8-19(9-7-18)28(29,30)31/h6-13,15,23,26,33H,14H2,1-5H3,(H,32,35)/t23-,26?/m0/s1. The summed E-state index contributed by atoms with van der Waals surface area (Å²) >= 11 is 1.22. The number of benzene rings is 2. The molecule has 0 aliphatic carbocycles. The molecule has 1 amide bonds. The van der Waals surface area contributed by atoms with Crippen LogP contribution in [0.5, 0.6) is 5.75 Å². The second-order valence-corrected chi connectivity index (χ2v) is 10.4. The molecule has 2 aromatic carbocycles. The first-order chi connectivity index (χ1) is 17.8. The molecule has 0 aliphatic heterocycles. The number of carbonyl (C=O) groups excluding carboxylic acids is 2. The van der Waals surface area contributed by atoms with E-state index in [4.69, 9.17) is 4.74 Å². The Morgan fingerprint density at radius 2 is 1.63 bits per heavy atom. The fourth-order valence-electron chi connectivity index (χ4n) is 4.08. The van der Waals surface area contributed by atoms with Crippen molar-refractivity contribution in [3.63, 3.8) is 0 Å². The Bertz CT molecular complexity index is 1260. The third kappa shape index (κ3) is 7.14. The van der Waals surface area contributed by atoms with Gasteiger partial charge in [0.15, 0.2) is 0 Å². The van der Waals surface area contributed by atoms with Gasteiger partial charge in [-0.2, -0.15) is 13.2 Å². The van der Waals surface area contributed by atoms with Crippen LogP contribution in [-0.2, 0) is 15.7 Å². The van der Waals surface area contributed by atoms with Crippen molar-refractivity contribution >= 4 is 23.2 Å². The number of hydrogen-bond donors (Lipinski definition) is 2. The van der Waals surface area contributed by atoms with E-state index in [1.54, 1.807) is 12.1 Å². The van der Waals surface area contributed by atoms with Crippen molar-refractivity contribution < 1.29 is 37.3 Å². The minimum Gasteiger partial charge on any atom is -0.485 e. The summed E-state index contributed by atoms with van der Waals surface area (Å²) in [4.78, 5) is 25.0. The molecule has 1 heterocycles. The Kier molecular flexibility index (Phi) is 9.22. The van der Waals surface area contributed by atoms with Crippen LogP contribution in [-0.4, -0.2) is 30.3 Å². The lowest BCUT2D eigenvalue weighted by Gasteiger charge is -2.23. The molecule has 10 heteroatoms. The number of thiophene rings is 1. The highest BCUT2D eigenvalue weighted by molar-refractivity contribution is 7.14. The van der Waals surface area contributed by atoms with Gasteiger partial charge in [-0.05, 0) is 78.4 Å². The molecule has 2 N–H and O–H groups in total. The smallest absolute Gasteiger partial charge is 0.416 e. The molecule has 0 fully saturated rings. The van der Waals surface area contributed by atoms with Gasteiger partial charge in [-0.15, -0.1) is 11.3 Å². The fraction of sp³-hybridized carbons (Fsp3) is 0.357. The zero-order valence-corrected chi connectivity index (χ0v) is 22.5. The normalized spacial score (nSPS) is 13.2. The second kappa shape index (κ2) is 12.0. The number of methoxy groups -OCH3 is 1. The number of carbonyl (C=O) groups is 2. The monoisotopic (exact) mass is 549 g/mol. The number of rotatable bonds is 9. The summed E-state index contributed by atoms with van der Waals surface area (Å²) in [6.07, 6.45) is -6.50. The highest BCUT2D eigenvalue weighted by Gasteiger charge is 2.30. The summed E-state index contributed by atoms with van der Waals surface area (Å²) in [5, 5.41) is 12.2. The van der Waals surface area contributed by atoms with Gasteiger partial charge in [0.1, 0.15) is 18.1 Å². The van der Waals surface area contributed by atoms with Gasteiger partial charge in [0.05, 0.1) is 24.0 Å². The van der Waals surface area contributed by atoms with E-state index in [0.29, 0.717) is 16.2 Å². The summed E-state index contributed by atoms with van der Waals surface area (Å²) < 4.78 is 49.7. The van der Waals surface area contributed by atoms with Gasteiger partial charge in [-0.3, -0.25) is 9.59 Å². The van der Waals surface area contributed by atoms with Gasteiger partial charge in [-0.25, -0.2) is 0 Å². The van der Waals surface area contributed by atoms with E-state index < -0.39 is 29.8 Å². The van der Waals surface area contributed by atoms with Crippen molar-refractivity contribution in [1.29, 1.82) is 0 Å². The molecule has 38 heavy (non-hydrogen) atoms. The number of aryl methyl sites for hydroxylation is 2. The van der Waals surface area contributed by atoms with Crippen molar-refractivity contribution in [1.82, 2.24) is 5.32 Å². The second-order valence-electron chi connectivity index (χ2n) is 9.26. The molecular formula is C28H30F3NO5S. The Morgan fingerprint density at radius 3 is 2.16 bits per heavy atom. The zero-order chi connectivity index (χ0) is 28.2. The van der Waals surface area contributed by atoms with Crippen LogP contribution >= 0.6 is 11.3 Å². The summed E-state index contributed by atoms with van der Waals surface area (Å²) in [6, 6.07) is 12.2. The number of nitrogens with one attached hydrogen (secondary N) is 1. The van der Waals surface area contributed by atoms with Gasteiger partial charge >= 0.3 is 12.1 Å². The van der Waals surface area contributed by atoms with Crippen LogP contribution in [0.2, 0.25) is 0 Å². The largest absolute Gasteiger partial charge is 0.485 e. The molecule has 204 valence electrons. The van der Waals surface area contributed by atoms with E-state index >= 15 is 0 Å². The lowest BCUT2D eigenvalue weighted by molar-refractivity contribution is -0.143. The predicted octanol–water partition coefficient (Wildman–Crippen LogP) is 6.44. The highest BCUT2D eigenvalue weighted by Crippen LogP contribution is 2.37. The minimum atomic E-state index is -4.39. The lowest BCUT2D eigenvalue weighted by Crippen LogP contribution is -2.36. The van der Waals surface area contributed by atoms with E-state index in [1.165, 1.54) is 30.6 Å². The molecule has 0 bridgehead atoms. The van der Waals surface area contributed by atoms with Crippen LogP contribution in [0.4, 0.5) is 13.2 Å². The van der Waals surface area contributed by atoms with Gasteiger partial charge in [0.2, 0.25) is 0 Å². The first kappa shape index (κ1) is 29.2. The Labute approximate surface area is 223 Å². The summed E-state index contributed by atoms with van der Waals surface area (Å²) in [5.74, 6) is -0.521. The molecule has 2 atom stereocenters. The van der Waals surface area contributed by atoms with Crippen LogP contribution in [0.3, 0.4) is 0 Å². The van der Waals surface area contributed by atoms with Gasteiger partial charge in [0, 0.05) is 4.88 Å². The highest BCUT2D eigenvalue weighted by atomic mass is 32.1. The van der Waals surface area contributed by atoms with E-state index in [0.717, 1.165) is 33.7 Å². The maximum Gasteiger partial charge on any atom is 0.416 e. The molecule has 3 rings (SSSR count). The van der Waals surface area contributed by atoms with Crippen LogP contribution in [0.1, 0.15) is 57.6 Å². The lowest BCUT2D eigenvalue weighted by atomic mass is 9.94. The first-order valence-corrected chi connectivity index (χ1v) is 12.7. The number of alkyl halides is 3. The van der Waals surface area contributed by atoms with Gasteiger partial charge < -0.3 is 19.9 Å². The maximum atomic E-state index is 13.0. The maximum absolute atomic E-state index is 13.0. The number of esters is 1. The SMILES string of the molecule is COC(=O)C[C@H](O)NC(=O)c1ccc(C(Oc2cc(C)c(-c3ccc(C(F)(F)F)cc3)c(C)c2)C(C)C)s1. The molecule has 0 aliphatic rings. The molecular weight excluding hydrogens is 519 g/mol. The van der Waals surface area contributed by atoms with Crippen LogP contribution < -0.4 is 10.1 Å². The quantitative estimate of drug-likeness (QED) is 0.237. The molecule has 0 radical (unpaired) electrons. The fourth-order valence-corrected chi connectivity index (χ4v) is 5.20. The van der Waals surface area contributed by atoms with Gasteiger partial charge in [-0.1, -0.05) is 26.0 Å². The number of aliphatic hydroxyl groups excluding tert-OH is 1. The average Bonchev–Trinajstić information content (AvgIpc) is 3.31. The molecule has 0 saturated carbocycles. The summed E-state index contributed by atoms with van der Waals surface area (Å²) in [7, 11) is 1.19. The van der Waals surface area contributed by atoms with Crippen molar-refractivity contribution in [3.8, 4) is 16.9 Å². The number of hydrogen-bond acceptors (Lipinski definition) is 6. The summed E-state index contributed by atoms with van der Waals surface area (Å²) in [5.41, 5.74) is 2.54. The van der Waals surface area contributed by atoms with Crippen molar-refractivity contribution in [2.45, 2.75) is 52.6 Å². The third-order valence-electron chi connectivity index (χ3n) is 5.89. The average molecular weight is 550 g/mol. The zero-order valence-electron chi connectivity index (χ0n) is 21.7. The molecule has 1 aromatic heterocycles. The number of aliphatic hydroxyl groups is 1. The molecule has 3 aromatic rings. The third-order valence-corrected chi connectivity index (χ3v) is 7.04. The number of amides is 1. The van der Waals surface area contributed by atoms with E-state index in [-0.39, 0.29) is 18.4 Å². The van der Waals surface area contributed by atoms with Crippen molar-refractivity contribution in [3.05, 3.63) is 75.0 Å². The van der Waals surface area contributed by atoms with E-state index in [2.05, 4.69) is 10.1 Å². The summed E-state index contributed by atoms with van der Waals surface area (Å²) in [6.45, 7) is 7.73. The van der Waals surface area contributed by atoms with E-state index in [1.807, 2.05) is 39.8 Å². The number of ether oxygens (including phenoxy) is 2. The predicted molar refractivity (Wildman–Crippen MR) is 139 cm³/mol. The number of halogens is 3. The van der Waals surface area contributed by atoms with E-state index in [9.17, 15) is 27.9 Å². The van der Waals surface area contributed by atoms with Gasteiger partial charge in [0.25, 0.3) is 5.91 Å². The van der Waals surface area contributed by atoms with Crippen LogP contribution in [0, 0.1) is 19.8 Å². The Morgan fingerprint density at radius 1 is 1.03 bits per heavy atom. The first-order valence-electron chi connectivity index (χ1n) is 11.9. The molecule has 0 saturated heterocycles. The molecule has 1 unspecified atom stereocenters. The van der Waals surface area contributed by atoms with Crippen LogP contribution in [0.25, 0.3) is 11.1 Å². The molecule has 6 nitrogen and oxygen atoms in total. The minimum absolute atomic E-state index is 0.0460. The van der Waals surface area contributed by atoms with Crippen molar-refractivity contribution in [2.75, 3.05) is 7.11 Å². The van der Waals surface area contributed by atoms with Crippen molar-refractivity contribution in [2.24, 2.45) is 5.92 Å². The Hall–Kier alpha value is -3.37. The molecule has 0 spiro atoms. The Balaban J connectivity index is 1.79. The van der Waals surface area contributed by atoms with Crippen LogP contribution in [0.15, 0.2) is 48.5 Å². The topological polar surface area (TPSA) is 84.9 Å².